The third-order valence-corrected chi connectivity index (χ3v) is 2.63. The summed E-state index contributed by atoms with van der Waals surface area (Å²) in [6.07, 6.45) is 6.37. The SMILES string of the molecule is CNCCCC(C)n1cc(I)cn1. The molecule has 0 fully saturated rings. The van der Waals surface area contributed by atoms with Crippen LogP contribution in [0.5, 0.6) is 0 Å². The fourth-order valence-electron chi connectivity index (χ4n) is 1.26. The summed E-state index contributed by atoms with van der Waals surface area (Å²) in [5.41, 5.74) is 0. The summed E-state index contributed by atoms with van der Waals surface area (Å²) in [5, 5.41) is 7.43. The molecule has 0 aromatic carbocycles. The second-order valence-electron chi connectivity index (χ2n) is 3.23. The maximum atomic E-state index is 4.28. The molecular formula is C9H16IN3. The monoisotopic (exact) mass is 293 g/mol. The highest BCUT2D eigenvalue weighted by Gasteiger charge is 2.04. The molecule has 1 aromatic rings. The van der Waals surface area contributed by atoms with E-state index in [1.807, 2.05) is 17.9 Å². The lowest BCUT2D eigenvalue weighted by molar-refractivity contribution is 0.443. The van der Waals surface area contributed by atoms with E-state index < -0.39 is 0 Å². The van der Waals surface area contributed by atoms with Crippen LogP contribution in [0.2, 0.25) is 0 Å². The minimum Gasteiger partial charge on any atom is -0.320 e. The minimum atomic E-state index is 0.511. The zero-order chi connectivity index (χ0) is 9.68. The molecule has 0 saturated heterocycles. The van der Waals surface area contributed by atoms with Crippen molar-refractivity contribution in [3.8, 4) is 0 Å². The number of halogens is 1. The summed E-state index contributed by atoms with van der Waals surface area (Å²) in [5.74, 6) is 0. The second kappa shape index (κ2) is 5.59. The number of aromatic nitrogens is 2. The normalized spacial score (nSPS) is 13.2. The summed E-state index contributed by atoms with van der Waals surface area (Å²) in [6.45, 7) is 3.29. The number of nitrogens with zero attached hydrogens (tertiary/aromatic N) is 2. The highest BCUT2D eigenvalue weighted by molar-refractivity contribution is 14.1. The lowest BCUT2D eigenvalue weighted by atomic mass is 10.2. The van der Waals surface area contributed by atoms with Gasteiger partial charge in [0, 0.05) is 12.2 Å². The maximum absolute atomic E-state index is 4.28. The van der Waals surface area contributed by atoms with Gasteiger partial charge in [-0.2, -0.15) is 5.10 Å². The topological polar surface area (TPSA) is 29.9 Å². The first-order chi connectivity index (χ1) is 6.24. The van der Waals surface area contributed by atoms with Crippen molar-refractivity contribution in [1.82, 2.24) is 15.1 Å². The molecule has 0 radical (unpaired) electrons. The molecule has 0 aliphatic heterocycles. The molecule has 0 saturated carbocycles. The van der Waals surface area contributed by atoms with Gasteiger partial charge in [0.2, 0.25) is 0 Å². The Morgan fingerprint density at radius 3 is 3.00 bits per heavy atom. The van der Waals surface area contributed by atoms with Gasteiger partial charge >= 0.3 is 0 Å². The predicted molar refractivity (Wildman–Crippen MR) is 62.8 cm³/mol. The molecule has 1 aromatic heterocycles. The highest BCUT2D eigenvalue weighted by atomic mass is 127. The molecule has 1 unspecified atom stereocenters. The van der Waals surface area contributed by atoms with Crippen LogP contribution < -0.4 is 5.32 Å². The molecule has 3 nitrogen and oxygen atoms in total. The van der Waals surface area contributed by atoms with E-state index in [1.165, 1.54) is 16.4 Å². The van der Waals surface area contributed by atoms with Gasteiger partial charge in [-0.25, -0.2) is 0 Å². The van der Waals surface area contributed by atoms with Gasteiger partial charge in [-0.15, -0.1) is 0 Å². The van der Waals surface area contributed by atoms with Crippen molar-refractivity contribution in [2.45, 2.75) is 25.8 Å². The molecule has 0 aliphatic carbocycles. The largest absolute Gasteiger partial charge is 0.320 e. The van der Waals surface area contributed by atoms with Gasteiger partial charge in [0.05, 0.1) is 9.77 Å². The van der Waals surface area contributed by atoms with Crippen LogP contribution in [0.1, 0.15) is 25.8 Å². The van der Waals surface area contributed by atoms with E-state index in [1.54, 1.807) is 0 Å². The molecule has 0 spiro atoms. The Balaban J connectivity index is 2.35. The molecule has 1 atom stereocenters. The van der Waals surface area contributed by atoms with Crippen LogP contribution in [0.15, 0.2) is 12.4 Å². The van der Waals surface area contributed by atoms with Crippen molar-refractivity contribution >= 4 is 22.6 Å². The summed E-state index contributed by atoms with van der Waals surface area (Å²) < 4.78 is 3.25. The average molecular weight is 293 g/mol. The van der Waals surface area contributed by atoms with Gasteiger partial charge in [-0.05, 0) is 55.9 Å². The van der Waals surface area contributed by atoms with E-state index in [9.17, 15) is 0 Å². The quantitative estimate of drug-likeness (QED) is 0.665. The first-order valence-electron chi connectivity index (χ1n) is 4.58. The van der Waals surface area contributed by atoms with Crippen molar-refractivity contribution in [3.05, 3.63) is 16.0 Å². The van der Waals surface area contributed by atoms with Crippen LogP contribution in [-0.4, -0.2) is 23.4 Å². The van der Waals surface area contributed by atoms with Crippen LogP contribution in [0, 0.1) is 3.57 Å². The van der Waals surface area contributed by atoms with Crippen molar-refractivity contribution in [2.75, 3.05) is 13.6 Å². The Morgan fingerprint density at radius 2 is 2.46 bits per heavy atom. The number of hydrogen-bond donors (Lipinski definition) is 1. The van der Waals surface area contributed by atoms with E-state index in [0.717, 1.165) is 6.54 Å². The molecule has 1 rings (SSSR count). The average Bonchev–Trinajstić information content (AvgIpc) is 2.52. The van der Waals surface area contributed by atoms with E-state index in [2.05, 4.69) is 46.1 Å². The molecule has 0 bridgehead atoms. The third-order valence-electron chi connectivity index (χ3n) is 2.07. The third kappa shape index (κ3) is 3.64. The van der Waals surface area contributed by atoms with Crippen LogP contribution >= 0.6 is 22.6 Å². The van der Waals surface area contributed by atoms with Crippen LogP contribution in [0.4, 0.5) is 0 Å². The highest BCUT2D eigenvalue weighted by Crippen LogP contribution is 2.13. The lowest BCUT2D eigenvalue weighted by Gasteiger charge is -2.11. The minimum absolute atomic E-state index is 0.511. The smallest absolute Gasteiger partial charge is 0.0623 e. The Bertz CT molecular complexity index is 247. The Kier molecular flexibility index (Phi) is 4.72. The number of hydrogen-bond acceptors (Lipinski definition) is 2. The van der Waals surface area contributed by atoms with Crippen LogP contribution in [0.25, 0.3) is 0 Å². The summed E-state index contributed by atoms with van der Waals surface area (Å²) >= 11 is 2.28. The van der Waals surface area contributed by atoms with Crippen molar-refractivity contribution in [3.63, 3.8) is 0 Å². The van der Waals surface area contributed by atoms with Gasteiger partial charge < -0.3 is 5.32 Å². The zero-order valence-corrected chi connectivity index (χ0v) is 10.3. The molecule has 4 heteroatoms. The van der Waals surface area contributed by atoms with Crippen molar-refractivity contribution < 1.29 is 0 Å². The molecule has 0 aliphatic rings. The van der Waals surface area contributed by atoms with E-state index in [-0.39, 0.29) is 0 Å². The Morgan fingerprint density at radius 1 is 1.69 bits per heavy atom. The lowest BCUT2D eigenvalue weighted by Crippen LogP contribution is -2.11. The molecule has 1 N–H and O–H groups in total. The summed E-state index contributed by atoms with van der Waals surface area (Å²) in [7, 11) is 1.99. The fourth-order valence-corrected chi connectivity index (χ4v) is 1.67. The van der Waals surface area contributed by atoms with Crippen LogP contribution in [-0.2, 0) is 0 Å². The summed E-state index contributed by atoms with van der Waals surface area (Å²) in [4.78, 5) is 0. The fraction of sp³-hybridized carbons (Fsp3) is 0.667. The van der Waals surface area contributed by atoms with Crippen LogP contribution in [0.3, 0.4) is 0 Å². The standard InChI is InChI=1S/C9H16IN3/c1-8(4-3-5-11-2)13-7-9(10)6-12-13/h6-8,11H,3-5H2,1-2H3. The van der Waals surface area contributed by atoms with E-state index >= 15 is 0 Å². The Labute approximate surface area is 93.0 Å². The molecule has 13 heavy (non-hydrogen) atoms. The molecule has 1 heterocycles. The maximum Gasteiger partial charge on any atom is 0.0623 e. The van der Waals surface area contributed by atoms with Gasteiger partial charge in [0.25, 0.3) is 0 Å². The molecule has 74 valence electrons. The van der Waals surface area contributed by atoms with E-state index in [4.69, 9.17) is 0 Å². The molecule has 0 amide bonds. The first kappa shape index (κ1) is 11.0. The summed E-state index contributed by atoms with van der Waals surface area (Å²) in [6, 6.07) is 0.511. The number of nitrogens with one attached hydrogen (secondary N) is 1. The molecular weight excluding hydrogens is 277 g/mol. The zero-order valence-electron chi connectivity index (χ0n) is 8.13. The van der Waals surface area contributed by atoms with Gasteiger partial charge in [-0.3, -0.25) is 4.68 Å². The first-order valence-corrected chi connectivity index (χ1v) is 5.66. The predicted octanol–water partition coefficient (Wildman–Crippen LogP) is 2.05. The van der Waals surface area contributed by atoms with E-state index in [0.29, 0.717) is 6.04 Å². The van der Waals surface area contributed by atoms with Crippen molar-refractivity contribution in [1.29, 1.82) is 0 Å². The van der Waals surface area contributed by atoms with Gasteiger partial charge in [0.1, 0.15) is 0 Å². The second-order valence-corrected chi connectivity index (χ2v) is 4.48. The Hall–Kier alpha value is -0.100. The van der Waals surface area contributed by atoms with Gasteiger partial charge in [0.15, 0.2) is 0 Å². The number of rotatable bonds is 5. The van der Waals surface area contributed by atoms with Crippen molar-refractivity contribution in [2.24, 2.45) is 0 Å². The van der Waals surface area contributed by atoms with Gasteiger partial charge in [-0.1, -0.05) is 0 Å².